The van der Waals surface area contributed by atoms with Crippen molar-refractivity contribution in [2.75, 3.05) is 0 Å². The number of aryl methyl sites for hydroxylation is 1. The summed E-state index contributed by atoms with van der Waals surface area (Å²) in [5.41, 5.74) is 1.45. The topological polar surface area (TPSA) is 17.1 Å². The molecule has 1 aliphatic rings. The standard InChI is InChI=1S/C16H18F4O/c1-10-8-14(17)7-4-12(10)9-15(21)11-2-5-13(6-3-11)16(18,19)20/h4,7-8,11,13H,2-3,5-6,9H2,1H3. The fourth-order valence-corrected chi connectivity index (χ4v) is 2.93. The summed E-state index contributed by atoms with van der Waals surface area (Å²) in [4.78, 5) is 12.2. The van der Waals surface area contributed by atoms with Gasteiger partial charge in [0.25, 0.3) is 0 Å². The van der Waals surface area contributed by atoms with Crippen LogP contribution in [0.1, 0.15) is 36.8 Å². The molecule has 0 aliphatic heterocycles. The molecule has 0 atom stereocenters. The van der Waals surface area contributed by atoms with Crippen LogP contribution in [0.2, 0.25) is 0 Å². The van der Waals surface area contributed by atoms with Gasteiger partial charge >= 0.3 is 6.18 Å². The number of Topliss-reactive ketones (excluding diaryl/α,β-unsaturated/α-hetero) is 1. The molecule has 5 heteroatoms. The minimum Gasteiger partial charge on any atom is -0.299 e. The fourth-order valence-electron chi connectivity index (χ4n) is 2.93. The number of alkyl halides is 3. The van der Waals surface area contributed by atoms with Crippen molar-refractivity contribution in [2.45, 2.75) is 45.2 Å². The first-order valence-electron chi connectivity index (χ1n) is 7.12. The van der Waals surface area contributed by atoms with E-state index in [2.05, 4.69) is 0 Å². The highest BCUT2D eigenvalue weighted by Gasteiger charge is 2.42. The molecular weight excluding hydrogens is 284 g/mol. The van der Waals surface area contributed by atoms with Gasteiger partial charge in [-0.25, -0.2) is 4.39 Å². The van der Waals surface area contributed by atoms with Crippen LogP contribution in [0.5, 0.6) is 0 Å². The molecular formula is C16H18F4O. The molecule has 1 aromatic carbocycles. The molecule has 1 aliphatic carbocycles. The number of hydrogen-bond donors (Lipinski definition) is 0. The third-order valence-electron chi connectivity index (χ3n) is 4.31. The van der Waals surface area contributed by atoms with E-state index in [9.17, 15) is 22.4 Å². The summed E-state index contributed by atoms with van der Waals surface area (Å²) in [7, 11) is 0. The molecule has 1 nitrogen and oxygen atoms in total. The first-order chi connectivity index (χ1) is 9.77. The van der Waals surface area contributed by atoms with Gasteiger partial charge < -0.3 is 0 Å². The van der Waals surface area contributed by atoms with Crippen molar-refractivity contribution in [1.82, 2.24) is 0 Å². The molecule has 0 heterocycles. The Hall–Kier alpha value is -1.39. The van der Waals surface area contributed by atoms with E-state index in [0.717, 1.165) is 5.56 Å². The lowest BCUT2D eigenvalue weighted by Crippen LogP contribution is -2.30. The van der Waals surface area contributed by atoms with Gasteiger partial charge in [0.15, 0.2) is 0 Å². The zero-order chi connectivity index (χ0) is 15.6. The Morgan fingerprint density at radius 1 is 1.19 bits per heavy atom. The van der Waals surface area contributed by atoms with Gasteiger partial charge in [-0.05, 0) is 55.9 Å². The molecule has 0 aromatic heterocycles. The molecule has 0 radical (unpaired) electrons. The van der Waals surface area contributed by atoms with Gasteiger partial charge in [0.05, 0.1) is 5.92 Å². The van der Waals surface area contributed by atoms with E-state index in [1.54, 1.807) is 13.0 Å². The highest BCUT2D eigenvalue weighted by molar-refractivity contribution is 5.83. The van der Waals surface area contributed by atoms with Gasteiger partial charge in [-0.3, -0.25) is 4.79 Å². The molecule has 1 aromatic rings. The van der Waals surface area contributed by atoms with Gasteiger partial charge in [-0.15, -0.1) is 0 Å². The number of carbonyl (C=O) groups excluding carboxylic acids is 1. The van der Waals surface area contributed by atoms with Crippen molar-refractivity contribution in [2.24, 2.45) is 11.8 Å². The molecule has 21 heavy (non-hydrogen) atoms. The third-order valence-corrected chi connectivity index (χ3v) is 4.31. The number of carbonyl (C=O) groups is 1. The van der Waals surface area contributed by atoms with Crippen LogP contribution in [0.4, 0.5) is 17.6 Å². The normalized spacial score (nSPS) is 23.1. The summed E-state index contributed by atoms with van der Waals surface area (Å²) >= 11 is 0. The summed E-state index contributed by atoms with van der Waals surface area (Å²) in [5.74, 6) is -1.96. The quantitative estimate of drug-likeness (QED) is 0.745. The van der Waals surface area contributed by atoms with Crippen LogP contribution in [-0.2, 0) is 11.2 Å². The lowest BCUT2D eigenvalue weighted by Gasteiger charge is -2.29. The average Bonchev–Trinajstić information content (AvgIpc) is 2.41. The summed E-state index contributed by atoms with van der Waals surface area (Å²) < 4.78 is 50.8. The predicted octanol–water partition coefficient (Wildman–Crippen LogP) is 4.61. The second-order valence-corrected chi connectivity index (χ2v) is 5.80. The number of ketones is 1. The minimum absolute atomic E-state index is 0.0301. The Morgan fingerprint density at radius 3 is 2.33 bits per heavy atom. The molecule has 116 valence electrons. The second-order valence-electron chi connectivity index (χ2n) is 5.80. The molecule has 2 rings (SSSR count). The zero-order valence-corrected chi connectivity index (χ0v) is 11.8. The second kappa shape index (κ2) is 6.16. The van der Waals surface area contributed by atoms with Crippen molar-refractivity contribution in [3.63, 3.8) is 0 Å². The third kappa shape index (κ3) is 4.05. The number of hydrogen-bond acceptors (Lipinski definition) is 1. The molecule has 0 saturated heterocycles. The zero-order valence-electron chi connectivity index (χ0n) is 11.8. The first-order valence-corrected chi connectivity index (χ1v) is 7.12. The van der Waals surface area contributed by atoms with Crippen molar-refractivity contribution in [1.29, 1.82) is 0 Å². The average molecular weight is 302 g/mol. The number of halogens is 4. The van der Waals surface area contributed by atoms with E-state index in [-0.39, 0.29) is 36.8 Å². The summed E-state index contributed by atoms with van der Waals surface area (Å²) in [5, 5.41) is 0. The highest BCUT2D eigenvalue weighted by atomic mass is 19.4. The molecule has 0 unspecified atom stereocenters. The van der Waals surface area contributed by atoms with Gasteiger partial charge in [0.2, 0.25) is 0 Å². The SMILES string of the molecule is Cc1cc(F)ccc1CC(=O)C1CCC(C(F)(F)F)CC1. The van der Waals surface area contributed by atoms with Crippen LogP contribution >= 0.6 is 0 Å². The van der Waals surface area contributed by atoms with E-state index in [1.165, 1.54) is 12.1 Å². The van der Waals surface area contributed by atoms with Crippen molar-refractivity contribution < 1.29 is 22.4 Å². The van der Waals surface area contributed by atoms with Crippen LogP contribution in [-0.4, -0.2) is 12.0 Å². The molecule has 0 N–H and O–H groups in total. The van der Waals surface area contributed by atoms with Crippen molar-refractivity contribution >= 4 is 5.78 Å². The van der Waals surface area contributed by atoms with Crippen LogP contribution in [0.25, 0.3) is 0 Å². The Balaban J connectivity index is 1.93. The van der Waals surface area contributed by atoms with Gasteiger partial charge in [-0.2, -0.15) is 13.2 Å². The molecule has 0 bridgehead atoms. The van der Waals surface area contributed by atoms with E-state index in [4.69, 9.17) is 0 Å². The fraction of sp³-hybridized carbons (Fsp3) is 0.562. The van der Waals surface area contributed by atoms with E-state index < -0.39 is 12.1 Å². The van der Waals surface area contributed by atoms with E-state index in [0.29, 0.717) is 18.4 Å². The van der Waals surface area contributed by atoms with Crippen LogP contribution in [0.3, 0.4) is 0 Å². The van der Waals surface area contributed by atoms with Crippen LogP contribution in [0.15, 0.2) is 18.2 Å². The monoisotopic (exact) mass is 302 g/mol. The lowest BCUT2D eigenvalue weighted by molar-refractivity contribution is -0.184. The summed E-state index contributed by atoms with van der Waals surface area (Å²) in [6.45, 7) is 1.73. The smallest absolute Gasteiger partial charge is 0.299 e. The van der Waals surface area contributed by atoms with Crippen LogP contribution in [0, 0.1) is 24.6 Å². The molecule has 1 saturated carbocycles. The summed E-state index contributed by atoms with van der Waals surface area (Å²) in [6.07, 6.45) is -3.33. The maximum atomic E-state index is 13.0. The van der Waals surface area contributed by atoms with Gasteiger partial charge in [0.1, 0.15) is 11.6 Å². The molecule has 1 fully saturated rings. The lowest BCUT2D eigenvalue weighted by atomic mass is 9.78. The van der Waals surface area contributed by atoms with Gasteiger partial charge in [-0.1, -0.05) is 6.07 Å². The Labute approximate surface area is 121 Å². The van der Waals surface area contributed by atoms with E-state index >= 15 is 0 Å². The number of rotatable bonds is 3. The minimum atomic E-state index is -4.15. The molecule has 0 spiro atoms. The van der Waals surface area contributed by atoms with Crippen LogP contribution < -0.4 is 0 Å². The Bertz CT molecular complexity index is 513. The Kier molecular flexibility index (Phi) is 4.69. The molecule has 0 amide bonds. The van der Waals surface area contributed by atoms with Crippen molar-refractivity contribution in [3.05, 3.63) is 35.1 Å². The van der Waals surface area contributed by atoms with E-state index in [1.807, 2.05) is 0 Å². The largest absolute Gasteiger partial charge is 0.391 e. The van der Waals surface area contributed by atoms with Crippen molar-refractivity contribution in [3.8, 4) is 0 Å². The number of benzene rings is 1. The maximum absolute atomic E-state index is 13.0. The Morgan fingerprint density at radius 2 is 1.81 bits per heavy atom. The van der Waals surface area contributed by atoms with Gasteiger partial charge in [0, 0.05) is 12.3 Å². The maximum Gasteiger partial charge on any atom is 0.391 e. The first kappa shape index (κ1) is 16.0. The predicted molar refractivity (Wildman–Crippen MR) is 71.4 cm³/mol. The summed E-state index contributed by atoms with van der Waals surface area (Å²) in [6, 6.07) is 4.24. The highest BCUT2D eigenvalue weighted by Crippen LogP contribution is 2.40.